The molecule has 2 atom stereocenters. The van der Waals surface area contributed by atoms with E-state index in [0.717, 1.165) is 6.42 Å². The Hall–Kier alpha value is -0.570. The Morgan fingerprint density at radius 1 is 1.47 bits per heavy atom. The molecule has 1 aliphatic rings. The van der Waals surface area contributed by atoms with Gasteiger partial charge in [-0.05, 0) is 24.2 Å². The van der Waals surface area contributed by atoms with Gasteiger partial charge in [-0.3, -0.25) is 0 Å². The first-order chi connectivity index (χ1) is 6.92. The summed E-state index contributed by atoms with van der Waals surface area (Å²) in [5.41, 5.74) is -1.32. The first kappa shape index (κ1) is 12.5. The first-order valence-electron chi connectivity index (χ1n) is 5.73. The van der Waals surface area contributed by atoms with E-state index in [1.54, 1.807) is 0 Å². The normalized spacial score (nSPS) is 22.3. The topological polar surface area (TPSA) is 46.5 Å². The minimum absolute atomic E-state index is 0.0301. The number of ether oxygens (including phenoxy) is 1. The maximum Gasteiger partial charge on any atom is 0.338 e. The molecule has 0 radical (unpaired) electrons. The van der Waals surface area contributed by atoms with E-state index in [1.807, 2.05) is 20.8 Å². The number of aliphatic hydroxyl groups is 1. The molecule has 1 aliphatic carbocycles. The van der Waals surface area contributed by atoms with Gasteiger partial charge in [0.1, 0.15) is 0 Å². The van der Waals surface area contributed by atoms with Gasteiger partial charge in [0.2, 0.25) is 0 Å². The van der Waals surface area contributed by atoms with Crippen molar-refractivity contribution in [2.75, 3.05) is 7.11 Å². The van der Waals surface area contributed by atoms with Crippen LogP contribution in [0.5, 0.6) is 0 Å². The van der Waals surface area contributed by atoms with Crippen LogP contribution in [0.2, 0.25) is 0 Å². The third-order valence-electron chi connectivity index (χ3n) is 3.53. The maximum atomic E-state index is 11.6. The molecule has 0 aliphatic heterocycles. The Bertz CT molecular complexity index is 233. The van der Waals surface area contributed by atoms with Crippen LogP contribution in [0.4, 0.5) is 0 Å². The predicted octanol–water partition coefficient (Wildman–Crippen LogP) is 1.98. The summed E-state index contributed by atoms with van der Waals surface area (Å²) in [6.45, 7) is 5.66. The molecule has 88 valence electrons. The lowest BCUT2D eigenvalue weighted by atomic mass is 9.77. The molecule has 0 bridgehead atoms. The molecule has 3 nitrogen and oxygen atoms in total. The Morgan fingerprint density at radius 3 is 2.33 bits per heavy atom. The van der Waals surface area contributed by atoms with Gasteiger partial charge in [-0.15, -0.1) is 0 Å². The van der Waals surface area contributed by atoms with Crippen LogP contribution in [0.15, 0.2) is 0 Å². The highest BCUT2D eigenvalue weighted by molar-refractivity contribution is 5.79. The summed E-state index contributed by atoms with van der Waals surface area (Å²) >= 11 is 0. The third-order valence-corrected chi connectivity index (χ3v) is 3.53. The van der Waals surface area contributed by atoms with Crippen LogP contribution in [0.1, 0.15) is 40.0 Å². The van der Waals surface area contributed by atoms with Crippen molar-refractivity contribution in [3.05, 3.63) is 0 Å². The molecule has 0 amide bonds. The molecule has 0 spiro atoms. The molecule has 2 unspecified atom stereocenters. The molecule has 0 aromatic heterocycles. The summed E-state index contributed by atoms with van der Waals surface area (Å²) in [5.74, 6) is 0.0664. The average molecular weight is 214 g/mol. The van der Waals surface area contributed by atoms with Crippen LogP contribution in [-0.4, -0.2) is 23.8 Å². The fourth-order valence-corrected chi connectivity index (χ4v) is 2.20. The highest BCUT2D eigenvalue weighted by Gasteiger charge is 2.46. The van der Waals surface area contributed by atoms with Crippen LogP contribution in [-0.2, 0) is 9.53 Å². The Labute approximate surface area is 91.8 Å². The molecule has 0 aromatic carbocycles. The van der Waals surface area contributed by atoms with Crippen molar-refractivity contribution < 1.29 is 14.6 Å². The van der Waals surface area contributed by atoms with Crippen molar-refractivity contribution in [3.63, 3.8) is 0 Å². The number of hydrogen-bond acceptors (Lipinski definition) is 3. The number of carbonyl (C=O) groups excluding carboxylic acids is 1. The number of rotatable bonds is 5. The number of methoxy groups -OCH3 is 1. The van der Waals surface area contributed by atoms with Crippen LogP contribution in [0.3, 0.4) is 0 Å². The van der Waals surface area contributed by atoms with Gasteiger partial charge in [-0.2, -0.15) is 0 Å². The second kappa shape index (κ2) is 4.52. The zero-order chi connectivity index (χ0) is 11.6. The molecule has 1 saturated carbocycles. The minimum Gasteiger partial charge on any atom is -0.467 e. The van der Waals surface area contributed by atoms with Crippen LogP contribution >= 0.6 is 0 Å². The summed E-state index contributed by atoms with van der Waals surface area (Å²) < 4.78 is 4.71. The van der Waals surface area contributed by atoms with E-state index in [2.05, 4.69) is 0 Å². The van der Waals surface area contributed by atoms with Gasteiger partial charge in [0.15, 0.2) is 5.60 Å². The molecular weight excluding hydrogens is 192 g/mol. The average Bonchev–Trinajstić information content (AvgIpc) is 2.98. The van der Waals surface area contributed by atoms with Gasteiger partial charge >= 0.3 is 5.97 Å². The largest absolute Gasteiger partial charge is 0.467 e. The van der Waals surface area contributed by atoms with Gasteiger partial charge < -0.3 is 9.84 Å². The lowest BCUT2D eigenvalue weighted by Gasteiger charge is -2.35. The molecule has 0 aromatic rings. The van der Waals surface area contributed by atoms with E-state index in [4.69, 9.17) is 4.74 Å². The zero-order valence-corrected chi connectivity index (χ0v) is 10.1. The molecule has 0 saturated heterocycles. The summed E-state index contributed by atoms with van der Waals surface area (Å²) in [7, 11) is 1.33. The molecular formula is C12H22O3. The highest BCUT2D eigenvalue weighted by atomic mass is 16.5. The van der Waals surface area contributed by atoms with Crippen molar-refractivity contribution in [2.24, 2.45) is 17.8 Å². The van der Waals surface area contributed by atoms with E-state index >= 15 is 0 Å². The van der Waals surface area contributed by atoms with Gasteiger partial charge in [-0.1, -0.05) is 33.6 Å². The van der Waals surface area contributed by atoms with Crippen molar-refractivity contribution >= 4 is 5.97 Å². The van der Waals surface area contributed by atoms with E-state index in [1.165, 1.54) is 20.0 Å². The van der Waals surface area contributed by atoms with Gasteiger partial charge in [0.25, 0.3) is 0 Å². The van der Waals surface area contributed by atoms with Gasteiger partial charge in [0, 0.05) is 0 Å². The smallest absolute Gasteiger partial charge is 0.338 e. The van der Waals surface area contributed by atoms with E-state index in [9.17, 15) is 9.90 Å². The van der Waals surface area contributed by atoms with Crippen molar-refractivity contribution in [1.29, 1.82) is 0 Å². The molecule has 1 N–H and O–H groups in total. The summed E-state index contributed by atoms with van der Waals surface area (Å²) in [5, 5.41) is 10.4. The fraction of sp³-hybridized carbons (Fsp3) is 0.917. The number of hydrogen-bond donors (Lipinski definition) is 1. The Morgan fingerprint density at radius 2 is 2.00 bits per heavy atom. The second-order valence-corrected chi connectivity index (χ2v) is 5.05. The predicted molar refractivity (Wildman–Crippen MR) is 58.3 cm³/mol. The first-order valence-corrected chi connectivity index (χ1v) is 5.73. The molecule has 3 heteroatoms. The minimum atomic E-state index is -1.32. The summed E-state index contributed by atoms with van der Waals surface area (Å²) in [6.07, 6.45) is 3.39. The van der Waals surface area contributed by atoms with Gasteiger partial charge in [-0.25, -0.2) is 4.79 Å². The van der Waals surface area contributed by atoms with Crippen LogP contribution < -0.4 is 0 Å². The van der Waals surface area contributed by atoms with Crippen molar-refractivity contribution in [3.8, 4) is 0 Å². The summed E-state index contributed by atoms with van der Waals surface area (Å²) in [6, 6.07) is 0. The quantitative estimate of drug-likeness (QED) is 0.712. The molecule has 0 heterocycles. The number of carbonyl (C=O) groups is 1. The molecule has 1 fully saturated rings. The van der Waals surface area contributed by atoms with Crippen LogP contribution in [0, 0.1) is 17.8 Å². The zero-order valence-electron chi connectivity index (χ0n) is 10.1. The second-order valence-electron chi connectivity index (χ2n) is 5.05. The number of esters is 1. The maximum absolute atomic E-state index is 11.6. The fourth-order valence-electron chi connectivity index (χ4n) is 2.20. The lowest BCUT2D eigenvalue weighted by molar-refractivity contribution is -0.175. The van der Waals surface area contributed by atoms with E-state index < -0.39 is 11.6 Å². The van der Waals surface area contributed by atoms with E-state index in [0.29, 0.717) is 5.92 Å². The Kier molecular flexibility index (Phi) is 3.77. The molecule has 15 heavy (non-hydrogen) atoms. The summed E-state index contributed by atoms with van der Waals surface area (Å²) in [4.78, 5) is 11.6. The van der Waals surface area contributed by atoms with Crippen LogP contribution in [0.25, 0.3) is 0 Å². The monoisotopic (exact) mass is 214 g/mol. The SMILES string of the molecule is COC(=O)C(O)(C(C)C)C(C)CC1CC1. The standard InChI is InChI=1S/C12H22O3/c1-8(2)12(14,11(13)15-4)9(3)7-10-5-6-10/h8-10,14H,5-7H2,1-4H3. The Balaban J connectivity index is 2.73. The third kappa shape index (κ3) is 2.51. The van der Waals surface area contributed by atoms with Crippen molar-refractivity contribution in [1.82, 2.24) is 0 Å². The van der Waals surface area contributed by atoms with Crippen molar-refractivity contribution in [2.45, 2.75) is 45.6 Å². The highest BCUT2D eigenvalue weighted by Crippen LogP contribution is 2.40. The van der Waals surface area contributed by atoms with E-state index in [-0.39, 0.29) is 11.8 Å². The van der Waals surface area contributed by atoms with Gasteiger partial charge in [0.05, 0.1) is 7.11 Å². The lowest BCUT2D eigenvalue weighted by Crippen LogP contribution is -2.50. The molecule has 1 rings (SSSR count).